The van der Waals surface area contributed by atoms with Crippen molar-refractivity contribution < 1.29 is 9.18 Å². The van der Waals surface area contributed by atoms with E-state index in [2.05, 4.69) is 5.10 Å². The topological polar surface area (TPSA) is 38.1 Å². The number of nitrogens with zero attached hydrogens (tertiary/aromatic N) is 3. The van der Waals surface area contributed by atoms with Crippen LogP contribution in [0.4, 0.5) is 4.39 Å². The molecule has 1 aromatic carbocycles. The van der Waals surface area contributed by atoms with Gasteiger partial charge in [-0.25, -0.2) is 9.07 Å². The monoisotopic (exact) mass is 273 g/mol. The standard InChI is InChI=1S/C15H16FN3O/c1-11-10-14(15(20)18-8-2-3-9-18)17-19(11)13-6-4-12(16)5-7-13/h4-7,10H,2-3,8-9H2,1H3. The van der Waals surface area contributed by atoms with Crippen LogP contribution >= 0.6 is 0 Å². The molecule has 0 saturated carbocycles. The second kappa shape index (κ2) is 5.07. The first-order valence-corrected chi connectivity index (χ1v) is 6.77. The normalized spacial score (nSPS) is 14.8. The third-order valence-electron chi connectivity index (χ3n) is 3.57. The molecule has 0 unspecified atom stereocenters. The van der Waals surface area contributed by atoms with Gasteiger partial charge >= 0.3 is 0 Å². The molecule has 2 heterocycles. The third-order valence-corrected chi connectivity index (χ3v) is 3.57. The van der Waals surface area contributed by atoms with Gasteiger partial charge < -0.3 is 4.90 Å². The number of rotatable bonds is 2. The summed E-state index contributed by atoms with van der Waals surface area (Å²) in [5, 5.41) is 4.36. The molecule has 0 aliphatic carbocycles. The maximum Gasteiger partial charge on any atom is 0.274 e. The summed E-state index contributed by atoms with van der Waals surface area (Å²) in [6.07, 6.45) is 2.12. The van der Waals surface area contributed by atoms with Crippen molar-refractivity contribution in [1.29, 1.82) is 0 Å². The minimum Gasteiger partial charge on any atom is -0.337 e. The lowest BCUT2D eigenvalue weighted by molar-refractivity contribution is 0.0786. The Bertz CT molecular complexity index is 627. The summed E-state index contributed by atoms with van der Waals surface area (Å²) in [6, 6.07) is 7.86. The van der Waals surface area contributed by atoms with Crippen molar-refractivity contribution in [2.45, 2.75) is 19.8 Å². The molecule has 1 amide bonds. The summed E-state index contributed by atoms with van der Waals surface area (Å²) in [5.41, 5.74) is 2.07. The van der Waals surface area contributed by atoms with Gasteiger partial charge in [0.1, 0.15) is 5.82 Å². The number of hydrogen-bond acceptors (Lipinski definition) is 2. The summed E-state index contributed by atoms with van der Waals surface area (Å²) in [6.45, 7) is 3.50. The Balaban J connectivity index is 1.90. The van der Waals surface area contributed by atoms with E-state index < -0.39 is 0 Å². The average molecular weight is 273 g/mol. The number of aromatic nitrogens is 2. The summed E-state index contributed by atoms with van der Waals surface area (Å²) in [4.78, 5) is 14.1. The molecule has 3 rings (SSSR count). The van der Waals surface area contributed by atoms with Crippen molar-refractivity contribution in [3.8, 4) is 5.69 Å². The predicted octanol–water partition coefficient (Wildman–Crippen LogP) is 2.56. The molecule has 1 fully saturated rings. The van der Waals surface area contributed by atoms with Crippen LogP contribution in [0.15, 0.2) is 30.3 Å². The van der Waals surface area contributed by atoms with Gasteiger partial charge in [-0.15, -0.1) is 0 Å². The van der Waals surface area contributed by atoms with E-state index in [4.69, 9.17) is 0 Å². The molecule has 2 aromatic rings. The molecule has 0 N–H and O–H groups in total. The van der Waals surface area contributed by atoms with Crippen LogP contribution in [0, 0.1) is 12.7 Å². The van der Waals surface area contributed by atoms with Gasteiger partial charge in [-0.2, -0.15) is 5.10 Å². The number of carbonyl (C=O) groups is 1. The highest BCUT2D eigenvalue weighted by Gasteiger charge is 2.22. The number of halogens is 1. The molecular weight excluding hydrogens is 257 g/mol. The van der Waals surface area contributed by atoms with Crippen LogP contribution in [0.25, 0.3) is 5.69 Å². The molecule has 4 nitrogen and oxygen atoms in total. The molecule has 1 saturated heterocycles. The number of benzene rings is 1. The molecule has 0 atom stereocenters. The lowest BCUT2D eigenvalue weighted by atomic mass is 10.3. The van der Waals surface area contributed by atoms with E-state index >= 15 is 0 Å². The number of hydrogen-bond donors (Lipinski definition) is 0. The number of likely N-dealkylation sites (tertiary alicyclic amines) is 1. The Morgan fingerprint density at radius 2 is 1.85 bits per heavy atom. The van der Waals surface area contributed by atoms with Crippen molar-refractivity contribution in [2.24, 2.45) is 0 Å². The predicted molar refractivity (Wildman–Crippen MR) is 73.4 cm³/mol. The Hall–Kier alpha value is -2.17. The van der Waals surface area contributed by atoms with Crippen molar-refractivity contribution >= 4 is 5.91 Å². The summed E-state index contributed by atoms with van der Waals surface area (Å²) < 4.78 is 14.6. The van der Waals surface area contributed by atoms with Gasteiger partial charge in [0, 0.05) is 18.8 Å². The van der Waals surface area contributed by atoms with E-state index in [0.29, 0.717) is 5.69 Å². The lowest BCUT2D eigenvalue weighted by Gasteiger charge is -2.12. The molecule has 104 valence electrons. The van der Waals surface area contributed by atoms with Gasteiger partial charge in [0.15, 0.2) is 5.69 Å². The second-order valence-corrected chi connectivity index (χ2v) is 5.06. The molecule has 0 bridgehead atoms. The van der Waals surface area contributed by atoms with Crippen molar-refractivity contribution in [3.05, 3.63) is 47.5 Å². The van der Waals surface area contributed by atoms with Crippen molar-refractivity contribution in [1.82, 2.24) is 14.7 Å². The van der Waals surface area contributed by atoms with E-state index in [9.17, 15) is 9.18 Å². The van der Waals surface area contributed by atoms with Gasteiger partial charge in [-0.1, -0.05) is 0 Å². The zero-order chi connectivity index (χ0) is 14.1. The van der Waals surface area contributed by atoms with Crippen LogP contribution in [0.3, 0.4) is 0 Å². The Morgan fingerprint density at radius 1 is 1.20 bits per heavy atom. The second-order valence-electron chi connectivity index (χ2n) is 5.06. The van der Waals surface area contributed by atoms with Crippen LogP contribution in [0.5, 0.6) is 0 Å². The highest BCUT2D eigenvalue weighted by molar-refractivity contribution is 5.92. The summed E-state index contributed by atoms with van der Waals surface area (Å²) >= 11 is 0. The lowest BCUT2D eigenvalue weighted by Crippen LogP contribution is -2.28. The van der Waals surface area contributed by atoms with E-state index in [1.54, 1.807) is 22.9 Å². The quantitative estimate of drug-likeness (QED) is 0.843. The van der Waals surface area contributed by atoms with Crippen molar-refractivity contribution in [2.75, 3.05) is 13.1 Å². The van der Waals surface area contributed by atoms with Gasteiger partial charge in [0.25, 0.3) is 5.91 Å². The SMILES string of the molecule is Cc1cc(C(=O)N2CCCC2)nn1-c1ccc(F)cc1. The molecule has 1 aliphatic heterocycles. The van der Waals surface area contributed by atoms with Gasteiger partial charge in [0.05, 0.1) is 5.69 Å². The summed E-state index contributed by atoms with van der Waals surface area (Å²) in [5.74, 6) is -0.307. The molecule has 1 aliphatic rings. The third kappa shape index (κ3) is 2.31. The first kappa shape index (κ1) is 12.8. The number of carbonyl (C=O) groups excluding carboxylic acids is 1. The fourth-order valence-electron chi connectivity index (χ4n) is 2.50. The fraction of sp³-hybridized carbons (Fsp3) is 0.333. The molecule has 0 radical (unpaired) electrons. The van der Waals surface area contributed by atoms with E-state index in [1.807, 2.05) is 11.8 Å². The van der Waals surface area contributed by atoms with Crippen LogP contribution in [-0.4, -0.2) is 33.7 Å². The van der Waals surface area contributed by atoms with Gasteiger partial charge in [0.2, 0.25) is 0 Å². The smallest absolute Gasteiger partial charge is 0.274 e. The Kier molecular flexibility index (Phi) is 3.26. The van der Waals surface area contributed by atoms with E-state index in [0.717, 1.165) is 37.3 Å². The van der Waals surface area contributed by atoms with Crippen molar-refractivity contribution in [3.63, 3.8) is 0 Å². The Morgan fingerprint density at radius 3 is 2.50 bits per heavy atom. The highest BCUT2D eigenvalue weighted by Crippen LogP contribution is 2.16. The maximum absolute atomic E-state index is 13.0. The van der Waals surface area contributed by atoms with Crippen LogP contribution in [0.1, 0.15) is 29.0 Å². The first-order valence-electron chi connectivity index (χ1n) is 6.77. The number of aryl methyl sites for hydroxylation is 1. The van der Waals surface area contributed by atoms with E-state index in [1.165, 1.54) is 12.1 Å². The zero-order valence-corrected chi connectivity index (χ0v) is 11.3. The Labute approximate surface area is 116 Å². The number of amides is 1. The average Bonchev–Trinajstić information content (AvgIpc) is 3.08. The molecule has 1 aromatic heterocycles. The molecule has 5 heteroatoms. The first-order chi connectivity index (χ1) is 9.65. The summed E-state index contributed by atoms with van der Waals surface area (Å²) in [7, 11) is 0. The van der Waals surface area contributed by atoms with Gasteiger partial charge in [-0.3, -0.25) is 4.79 Å². The van der Waals surface area contributed by atoms with Crippen LogP contribution in [0.2, 0.25) is 0 Å². The maximum atomic E-state index is 13.0. The van der Waals surface area contributed by atoms with E-state index in [-0.39, 0.29) is 11.7 Å². The molecule has 0 spiro atoms. The largest absolute Gasteiger partial charge is 0.337 e. The van der Waals surface area contributed by atoms with Crippen LogP contribution < -0.4 is 0 Å². The highest BCUT2D eigenvalue weighted by atomic mass is 19.1. The zero-order valence-electron chi connectivity index (χ0n) is 11.3. The van der Waals surface area contributed by atoms with Crippen LogP contribution in [-0.2, 0) is 0 Å². The van der Waals surface area contributed by atoms with Gasteiger partial charge in [-0.05, 0) is 50.1 Å². The fourth-order valence-corrected chi connectivity index (χ4v) is 2.50. The molecule has 20 heavy (non-hydrogen) atoms. The minimum absolute atomic E-state index is 0.0218. The minimum atomic E-state index is -0.285. The molecular formula is C15H16FN3O.